The second kappa shape index (κ2) is 16.6. The van der Waals surface area contributed by atoms with Crippen molar-refractivity contribution in [2.45, 2.75) is 57.3 Å². The summed E-state index contributed by atoms with van der Waals surface area (Å²) in [5, 5.41) is 12.8. The fraction of sp³-hybridized carbons (Fsp3) is 0.353. The standard InChI is InChI=1S/C32H36N4O5.C2HF3O2/c33-16-3-1-2-4-17-40-27-7-5-6-25(19-27)34-31(38)23-10-8-22(9-11-23)20-36(26-13-14-26)32(39)24-12-15-28-29(18-24)41-21-30(37)35-28;3-2(4,5)1(6)7/h5-12,15,18-19,26H,1-4,13-14,16-17,20-21,33H2,(H,34,38)(H,35,37);(H,6,7). The van der Waals surface area contributed by atoms with E-state index in [1.165, 1.54) is 0 Å². The summed E-state index contributed by atoms with van der Waals surface area (Å²) in [6, 6.07) is 20.0. The van der Waals surface area contributed by atoms with Crippen molar-refractivity contribution in [1.29, 1.82) is 0 Å². The number of nitrogens with zero attached hydrogens (tertiary/aromatic N) is 1. The lowest BCUT2D eigenvalue weighted by molar-refractivity contribution is -0.192. The van der Waals surface area contributed by atoms with Gasteiger partial charge in [0.2, 0.25) is 0 Å². The van der Waals surface area contributed by atoms with Crippen molar-refractivity contribution in [2.75, 3.05) is 30.4 Å². The van der Waals surface area contributed by atoms with Crippen molar-refractivity contribution >= 4 is 35.1 Å². The van der Waals surface area contributed by atoms with Crippen LogP contribution in [0.5, 0.6) is 11.5 Å². The molecular weight excluding hydrogens is 633 g/mol. The second-order valence-corrected chi connectivity index (χ2v) is 11.2. The van der Waals surface area contributed by atoms with Crippen molar-refractivity contribution in [3.05, 3.63) is 83.4 Å². The number of carboxylic acids is 1. The maximum atomic E-state index is 13.4. The number of amides is 3. The van der Waals surface area contributed by atoms with Gasteiger partial charge < -0.3 is 35.8 Å². The van der Waals surface area contributed by atoms with E-state index in [1.807, 2.05) is 41.3 Å². The van der Waals surface area contributed by atoms with E-state index < -0.39 is 12.1 Å². The summed E-state index contributed by atoms with van der Waals surface area (Å²) in [6.45, 7) is 1.72. The molecule has 1 saturated carbocycles. The molecule has 0 atom stereocenters. The van der Waals surface area contributed by atoms with Crippen molar-refractivity contribution in [3.63, 3.8) is 0 Å². The first kappa shape index (κ1) is 35.7. The molecule has 11 nitrogen and oxygen atoms in total. The van der Waals surface area contributed by atoms with Gasteiger partial charge in [-0.25, -0.2) is 4.79 Å². The topological polar surface area (TPSA) is 160 Å². The van der Waals surface area contributed by atoms with Crippen LogP contribution in [0.1, 0.15) is 64.8 Å². The van der Waals surface area contributed by atoms with Gasteiger partial charge in [-0.3, -0.25) is 14.4 Å². The number of alkyl halides is 3. The highest BCUT2D eigenvalue weighted by atomic mass is 19.4. The van der Waals surface area contributed by atoms with Crippen LogP contribution in [0.4, 0.5) is 24.5 Å². The molecule has 1 aliphatic heterocycles. The molecule has 2 aliphatic rings. The lowest BCUT2D eigenvalue weighted by Gasteiger charge is -2.24. The SMILES string of the molecule is NCCCCCCOc1cccc(NC(=O)c2ccc(CN(C(=O)c3ccc4c(c3)OCC(=O)N4)C3CC3)cc2)c1.O=C(O)C(F)(F)F. The molecule has 1 fully saturated rings. The fourth-order valence-corrected chi connectivity index (χ4v) is 4.74. The van der Waals surface area contributed by atoms with Gasteiger partial charge in [0.15, 0.2) is 6.61 Å². The molecule has 0 spiro atoms. The minimum atomic E-state index is -5.08. The van der Waals surface area contributed by atoms with Crippen LogP contribution in [0.2, 0.25) is 0 Å². The van der Waals surface area contributed by atoms with Gasteiger partial charge in [0.25, 0.3) is 17.7 Å². The molecule has 0 radical (unpaired) electrons. The zero-order valence-corrected chi connectivity index (χ0v) is 26.1. The van der Waals surface area contributed by atoms with Crippen molar-refractivity contribution in [1.82, 2.24) is 4.90 Å². The fourth-order valence-electron chi connectivity index (χ4n) is 4.74. The number of unbranched alkanes of at least 4 members (excludes halogenated alkanes) is 3. The summed E-state index contributed by atoms with van der Waals surface area (Å²) in [5.41, 5.74) is 8.74. The second-order valence-electron chi connectivity index (χ2n) is 11.2. The zero-order valence-electron chi connectivity index (χ0n) is 26.1. The number of fused-ring (bicyclic) bond motifs is 1. The first-order valence-corrected chi connectivity index (χ1v) is 15.5. The molecule has 5 N–H and O–H groups in total. The Hall–Kier alpha value is -5.11. The quantitative estimate of drug-likeness (QED) is 0.171. The first-order valence-electron chi connectivity index (χ1n) is 15.5. The Kier molecular flexibility index (Phi) is 12.4. The Balaban J connectivity index is 0.000000671. The number of carbonyl (C=O) groups is 4. The Morgan fingerprint density at radius 2 is 1.67 bits per heavy atom. The van der Waals surface area contributed by atoms with E-state index in [-0.39, 0.29) is 30.4 Å². The third-order valence-corrected chi connectivity index (χ3v) is 7.38. The molecule has 14 heteroatoms. The molecule has 0 saturated heterocycles. The van der Waals surface area contributed by atoms with E-state index in [4.69, 9.17) is 25.1 Å². The van der Waals surface area contributed by atoms with Crippen LogP contribution in [-0.4, -0.2) is 65.7 Å². The van der Waals surface area contributed by atoms with Gasteiger partial charge >= 0.3 is 12.1 Å². The highest BCUT2D eigenvalue weighted by Gasteiger charge is 2.38. The lowest BCUT2D eigenvalue weighted by Crippen LogP contribution is -2.33. The minimum absolute atomic E-state index is 0.0634. The van der Waals surface area contributed by atoms with E-state index >= 15 is 0 Å². The van der Waals surface area contributed by atoms with Crippen molar-refractivity contribution < 1.29 is 46.9 Å². The molecule has 1 aliphatic carbocycles. The number of ether oxygens (including phenoxy) is 2. The Bertz CT molecular complexity index is 1590. The van der Waals surface area contributed by atoms with Crippen LogP contribution in [-0.2, 0) is 16.1 Å². The molecule has 48 heavy (non-hydrogen) atoms. The normalized spacial score (nSPS) is 13.5. The number of hydrogen-bond acceptors (Lipinski definition) is 7. The molecule has 3 aromatic rings. The lowest BCUT2D eigenvalue weighted by atomic mass is 10.1. The highest BCUT2D eigenvalue weighted by molar-refractivity contribution is 6.04. The first-order chi connectivity index (χ1) is 22.9. The summed E-state index contributed by atoms with van der Waals surface area (Å²) in [6.07, 6.45) is 1.03. The smallest absolute Gasteiger partial charge is 0.490 e. The van der Waals surface area contributed by atoms with Crippen molar-refractivity contribution in [3.8, 4) is 11.5 Å². The van der Waals surface area contributed by atoms with Crippen LogP contribution >= 0.6 is 0 Å². The molecule has 0 unspecified atom stereocenters. The average molecular weight is 671 g/mol. The van der Waals surface area contributed by atoms with Gasteiger partial charge in [-0.15, -0.1) is 0 Å². The Morgan fingerprint density at radius 3 is 2.33 bits per heavy atom. The number of aliphatic carboxylic acids is 1. The Morgan fingerprint density at radius 1 is 0.979 bits per heavy atom. The van der Waals surface area contributed by atoms with Gasteiger partial charge in [0, 0.05) is 35.5 Å². The predicted octanol–water partition coefficient (Wildman–Crippen LogP) is 5.61. The van der Waals surface area contributed by atoms with E-state index in [9.17, 15) is 27.6 Å². The summed E-state index contributed by atoms with van der Waals surface area (Å²) < 4.78 is 43.1. The van der Waals surface area contributed by atoms with Crippen LogP contribution < -0.4 is 25.8 Å². The summed E-state index contributed by atoms with van der Waals surface area (Å²) in [7, 11) is 0. The zero-order chi connectivity index (χ0) is 34.7. The number of rotatable bonds is 13. The van der Waals surface area contributed by atoms with Crippen LogP contribution in [0.25, 0.3) is 0 Å². The van der Waals surface area contributed by atoms with Gasteiger partial charge in [-0.05, 0) is 80.3 Å². The highest BCUT2D eigenvalue weighted by Crippen LogP contribution is 2.33. The number of benzene rings is 3. The summed E-state index contributed by atoms with van der Waals surface area (Å²) in [4.78, 5) is 48.6. The summed E-state index contributed by atoms with van der Waals surface area (Å²) in [5.74, 6) is -2.06. The number of anilines is 2. The van der Waals surface area contributed by atoms with Crippen LogP contribution in [0.15, 0.2) is 66.7 Å². The summed E-state index contributed by atoms with van der Waals surface area (Å²) >= 11 is 0. The third kappa shape index (κ3) is 10.7. The molecule has 5 rings (SSSR count). The molecule has 3 amide bonds. The molecular formula is C34H37F3N4O7. The molecule has 1 heterocycles. The monoisotopic (exact) mass is 670 g/mol. The number of carbonyl (C=O) groups excluding carboxylic acids is 3. The van der Waals surface area contributed by atoms with E-state index in [0.717, 1.165) is 56.4 Å². The third-order valence-electron chi connectivity index (χ3n) is 7.38. The van der Waals surface area contributed by atoms with Gasteiger partial charge in [-0.1, -0.05) is 31.0 Å². The largest absolute Gasteiger partial charge is 0.494 e. The van der Waals surface area contributed by atoms with Crippen molar-refractivity contribution in [2.24, 2.45) is 5.73 Å². The maximum Gasteiger partial charge on any atom is 0.490 e. The number of nitrogens with one attached hydrogen (secondary N) is 2. The predicted molar refractivity (Wildman–Crippen MR) is 171 cm³/mol. The number of hydrogen-bond donors (Lipinski definition) is 4. The van der Waals surface area contributed by atoms with Gasteiger partial charge in [0.1, 0.15) is 11.5 Å². The number of nitrogens with two attached hydrogens (primary N) is 1. The van der Waals surface area contributed by atoms with E-state index in [0.29, 0.717) is 41.4 Å². The number of carboxylic acid groups (broad SMARTS) is 1. The van der Waals surface area contributed by atoms with Gasteiger partial charge in [0.05, 0.1) is 12.3 Å². The molecule has 0 aromatic heterocycles. The molecule has 256 valence electrons. The van der Waals surface area contributed by atoms with Gasteiger partial charge in [-0.2, -0.15) is 13.2 Å². The molecule has 0 bridgehead atoms. The maximum absolute atomic E-state index is 13.4. The average Bonchev–Trinajstić information content (AvgIpc) is 3.90. The molecule has 3 aromatic carbocycles. The van der Waals surface area contributed by atoms with E-state index in [2.05, 4.69) is 10.6 Å². The van der Waals surface area contributed by atoms with E-state index in [1.54, 1.807) is 30.3 Å². The Labute approximate surface area is 275 Å². The van der Waals surface area contributed by atoms with Crippen LogP contribution in [0, 0.1) is 0 Å². The van der Waals surface area contributed by atoms with Crippen LogP contribution in [0.3, 0.4) is 0 Å². The number of halogens is 3. The minimum Gasteiger partial charge on any atom is -0.494 e.